The second-order valence-corrected chi connectivity index (χ2v) is 5.40. The maximum Gasteiger partial charge on any atom is 0.122 e. The van der Waals surface area contributed by atoms with Crippen molar-refractivity contribution in [2.75, 3.05) is 31.7 Å². The number of likely N-dealkylation sites (N-methyl/N-ethyl adjacent to an activating group) is 1. The van der Waals surface area contributed by atoms with Gasteiger partial charge in [-0.15, -0.1) is 0 Å². The van der Waals surface area contributed by atoms with Gasteiger partial charge in [-0.05, 0) is 12.1 Å². The maximum absolute atomic E-state index is 10.5. The van der Waals surface area contributed by atoms with Crippen molar-refractivity contribution >= 4 is 22.9 Å². The lowest BCUT2D eigenvalue weighted by atomic mass is 9.94. The average Bonchev–Trinajstić information content (AvgIpc) is 2.39. The van der Waals surface area contributed by atoms with Crippen LogP contribution in [0.4, 0.5) is 5.69 Å². The molecule has 0 bridgehead atoms. The largest absolute Gasteiger partial charge is 0.388 e. The number of thiocarbonyl (C=S) groups is 1. The molecule has 1 fully saturated rings. The monoisotopic (exact) mass is 281 g/mol. The number of hydrogen-bond donors (Lipinski definition) is 2. The van der Waals surface area contributed by atoms with Gasteiger partial charge in [0, 0.05) is 39.6 Å². The number of aliphatic hydroxyl groups is 1. The summed E-state index contributed by atoms with van der Waals surface area (Å²) in [5.41, 5.74) is 6.36. The van der Waals surface area contributed by atoms with E-state index in [1.165, 1.54) is 0 Å². The second-order valence-electron chi connectivity index (χ2n) is 4.96. The van der Waals surface area contributed by atoms with Crippen molar-refractivity contribution in [2.45, 2.75) is 18.4 Å². The van der Waals surface area contributed by atoms with Crippen LogP contribution in [-0.2, 0) is 4.74 Å². The molecular weight excluding hydrogens is 262 g/mol. The summed E-state index contributed by atoms with van der Waals surface area (Å²) < 4.78 is 5.28. The van der Waals surface area contributed by atoms with E-state index in [4.69, 9.17) is 22.7 Å². The molecule has 0 radical (unpaired) electrons. The third-order valence-corrected chi connectivity index (χ3v) is 3.61. The Morgan fingerprint density at radius 1 is 1.53 bits per heavy atom. The average molecular weight is 281 g/mol. The van der Waals surface area contributed by atoms with Gasteiger partial charge in [-0.1, -0.05) is 12.2 Å². The standard InChI is InChI=1S/C13H19N3O2S/c1-16(9-13(17)4-6-18-7-5-13)10-2-3-11(12(14)19)15-8-10/h2-3,8,17H,4-7,9H2,1H3,(H2,14,19). The van der Waals surface area contributed by atoms with E-state index in [0.29, 0.717) is 38.3 Å². The first-order chi connectivity index (χ1) is 9.00. The summed E-state index contributed by atoms with van der Waals surface area (Å²) >= 11 is 4.87. The molecular formula is C13H19N3O2S. The van der Waals surface area contributed by atoms with E-state index >= 15 is 0 Å². The number of nitrogens with zero attached hydrogens (tertiary/aromatic N) is 2. The first-order valence-corrected chi connectivity index (χ1v) is 6.68. The lowest BCUT2D eigenvalue weighted by molar-refractivity contribution is -0.0572. The number of aromatic nitrogens is 1. The van der Waals surface area contributed by atoms with Crippen LogP contribution in [0.25, 0.3) is 0 Å². The molecule has 1 saturated heterocycles. The van der Waals surface area contributed by atoms with Crippen molar-refractivity contribution in [1.29, 1.82) is 0 Å². The van der Waals surface area contributed by atoms with Gasteiger partial charge in [0.15, 0.2) is 0 Å². The normalized spacial score (nSPS) is 18.0. The SMILES string of the molecule is CN(CC1(O)CCOCC1)c1ccc(C(N)=S)nc1. The molecule has 0 spiro atoms. The van der Waals surface area contributed by atoms with Gasteiger partial charge in [-0.3, -0.25) is 4.98 Å². The van der Waals surface area contributed by atoms with Crippen LogP contribution < -0.4 is 10.6 Å². The van der Waals surface area contributed by atoms with E-state index in [1.54, 1.807) is 12.3 Å². The molecule has 19 heavy (non-hydrogen) atoms. The first kappa shape index (κ1) is 14.2. The Kier molecular flexibility index (Phi) is 4.34. The van der Waals surface area contributed by atoms with E-state index in [-0.39, 0.29) is 4.99 Å². The highest BCUT2D eigenvalue weighted by Crippen LogP contribution is 2.23. The fourth-order valence-electron chi connectivity index (χ4n) is 2.20. The summed E-state index contributed by atoms with van der Waals surface area (Å²) in [5.74, 6) is 0. The van der Waals surface area contributed by atoms with E-state index in [1.807, 2.05) is 18.0 Å². The highest BCUT2D eigenvalue weighted by atomic mass is 32.1. The van der Waals surface area contributed by atoms with Crippen LogP contribution in [0.2, 0.25) is 0 Å². The van der Waals surface area contributed by atoms with Crippen LogP contribution in [0.1, 0.15) is 18.5 Å². The fourth-order valence-corrected chi connectivity index (χ4v) is 2.32. The molecule has 0 aromatic carbocycles. The minimum Gasteiger partial charge on any atom is -0.388 e. The lowest BCUT2D eigenvalue weighted by Gasteiger charge is -2.36. The number of nitrogens with two attached hydrogens (primary N) is 1. The minimum atomic E-state index is -0.686. The number of ether oxygens (including phenoxy) is 1. The third kappa shape index (κ3) is 3.62. The molecule has 0 saturated carbocycles. The third-order valence-electron chi connectivity index (χ3n) is 3.40. The molecule has 1 aromatic rings. The van der Waals surface area contributed by atoms with Crippen molar-refractivity contribution in [2.24, 2.45) is 5.73 Å². The number of rotatable bonds is 4. The molecule has 6 heteroatoms. The molecule has 104 valence electrons. The number of hydrogen-bond acceptors (Lipinski definition) is 5. The van der Waals surface area contributed by atoms with Crippen molar-refractivity contribution in [3.63, 3.8) is 0 Å². The van der Waals surface area contributed by atoms with Crippen molar-refractivity contribution in [3.05, 3.63) is 24.0 Å². The molecule has 2 heterocycles. The summed E-state index contributed by atoms with van der Waals surface area (Å²) in [6.45, 7) is 1.79. The van der Waals surface area contributed by atoms with E-state index in [2.05, 4.69) is 4.98 Å². The zero-order chi connectivity index (χ0) is 13.9. The molecule has 3 N–H and O–H groups in total. The fraction of sp³-hybridized carbons (Fsp3) is 0.538. The molecule has 2 rings (SSSR count). The molecule has 1 aliphatic heterocycles. The van der Waals surface area contributed by atoms with Gasteiger partial charge in [0.1, 0.15) is 4.99 Å². The van der Waals surface area contributed by atoms with Crippen LogP contribution in [0, 0.1) is 0 Å². The topological polar surface area (TPSA) is 71.6 Å². The predicted octanol–water partition coefficient (Wildman–Crippen LogP) is 0.693. The van der Waals surface area contributed by atoms with E-state index in [0.717, 1.165) is 5.69 Å². The summed E-state index contributed by atoms with van der Waals surface area (Å²) in [6.07, 6.45) is 3.04. The van der Waals surface area contributed by atoms with Crippen molar-refractivity contribution in [3.8, 4) is 0 Å². The van der Waals surface area contributed by atoms with Gasteiger partial charge in [-0.25, -0.2) is 0 Å². The summed E-state index contributed by atoms with van der Waals surface area (Å²) in [7, 11) is 1.94. The Morgan fingerprint density at radius 2 is 2.21 bits per heavy atom. The lowest BCUT2D eigenvalue weighted by Crippen LogP contribution is -2.45. The molecule has 0 aliphatic carbocycles. The van der Waals surface area contributed by atoms with Gasteiger partial charge in [0.05, 0.1) is 23.2 Å². The number of anilines is 1. The van der Waals surface area contributed by atoms with Gasteiger partial charge >= 0.3 is 0 Å². The Hall–Kier alpha value is -1.24. The van der Waals surface area contributed by atoms with Crippen LogP contribution in [0.3, 0.4) is 0 Å². The van der Waals surface area contributed by atoms with Crippen LogP contribution in [0.15, 0.2) is 18.3 Å². The minimum absolute atomic E-state index is 0.289. The van der Waals surface area contributed by atoms with Crippen molar-refractivity contribution < 1.29 is 9.84 Å². The van der Waals surface area contributed by atoms with Crippen LogP contribution in [-0.4, -0.2) is 47.5 Å². The second kappa shape index (κ2) is 5.81. The molecule has 0 atom stereocenters. The van der Waals surface area contributed by atoms with Crippen molar-refractivity contribution in [1.82, 2.24) is 4.98 Å². The van der Waals surface area contributed by atoms with Crippen LogP contribution in [0.5, 0.6) is 0 Å². The molecule has 1 aromatic heterocycles. The quantitative estimate of drug-likeness (QED) is 0.791. The Morgan fingerprint density at radius 3 is 2.74 bits per heavy atom. The highest BCUT2D eigenvalue weighted by Gasteiger charge is 2.31. The maximum atomic E-state index is 10.5. The Balaban J connectivity index is 2.02. The molecule has 1 aliphatic rings. The molecule has 5 nitrogen and oxygen atoms in total. The molecule has 0 amide bonds. The summed E-state index contributed by atoms with van der Waals surface area (Å²) in [5, 5.41) is 10.5. The first-order valence-electron chi connectivity index (χ1n) is 6.27. The van der Waals surface area contributed by atoms with Gasteiger partial charge in [0.25, 0.3) is 0 Å². The smallest absolute Gasteiger partial charge is 0.122 e. The zero-order valence-electron chi connectivity index (χ0n) is 11.0. The summed E-state index contributed by atoms with van der Waals surface area (Å²) in [4.78, 5) is 6.48. The number of pyridine rings is 1. The van der Waals surface area contributed by atoms with Gasteiger partial charge in [-0.2, -0.15) is 0 Å². The highest BCUT2D eigenvalue weighted by molar-refractivity contribution is 7.80. The van der Waals surface area contributed by atoms with E-state index < -0.39 is 5.60 Å². The van der Waals surface area contributed by atoms with Crippen LogP contribution >= 0.6 is 12.2 Å². The predicted molar refractivity (Wildman–Crippen MR) is 78.4 cm³/mol. The summed E-state index contributed by atoms with van der Waals surface area (Å²) in [6, 6.07) is 3.70. The van der Waals surface area contributed by atoms with E-state index in [9.17, 15) is 5.11 Å². The zero-order valence-corrected chi connectivity index (χ0v) is 11.8. The van der Waals surface area contributed by atoms with Gasteiger partial charge in [0.2, 0.25) is 0 Å². The Labute approximate surface area is 118 Å². The molecule has 0 unspecified atom stereocenters. The Bertz CT molecular complexity index is 444. The van der Waals surface area contributed by atoms with Gasteiger partial charge < -0.3 is 20.5 Å².